The molecule has 0 radical (unpaired) electrons. The Bertz CT molecular complexity index is 388. The standard InChI is InChI=1S/C11H16ClN3O/c1-8(12)11(16)15-5-3-9(7-15)10-13-4-6-14(10)2/h4,6,8-9H,3,5,7H2,1-2H3. The van der Waals surface area contributed by atoms with Crippen molar-refractivity contribution in [1.29, 1.82) is 0 Å². The van der Waals surface area contributed by atoms with Crippen LogP contribution < -0.4 is 0 Å². The number of imidazole rings is 1. The average molecular weight is 242 g/mol. The predicted molar refractivity (Wildman–Crippen MR) is 62.5 cm³/mol. The molecule has 88 valence electrons. The molecule has 1 fully saturated rings. The molecule has 0 aromatic carbocycles. The van der Waals surface area contributed by atoms with Gasteiger partial charge in [0, 0.05) is 38.4 Å². The van der Waals surface area contributed by atoms with Crippen molar-refractivity contribution in [3.05, 3.63) is 18.2 Å². The van der Waals surface area contributed by atoms with Crippen molar-refractivity contribution in [1.82, 2.24) is 14.5 Å². The molecule has 0 spiro atoms. The number of likely N-dealkylation sites (tertiary alicyclic amines) is 1. The van der Waals surface area contributed by atoms with Crippen LogP contribution >= 0.6 is 11.6 Å². The number of hydrogen-bond acceptors (Lipinski definition) is 2. The van der Waals surface area contributed by atoms with E-state index in [1.165, 1.54) is 0 Å². The summed E-state index contributed by atoms with van der Waals surface area (Å²) < 4.78 is 2.02. The molecule has 1 amide bonds. The molecule has 0 bridgehead atoms. The topological polar surface area (TPSA) is 38.1 Å². The lowest BCUT2D eigenvalue weighted by Gasteiger charge is -2.17. The summed E-state index contributed by atoms with van der Waals surface area (Å²) in [4.78, 5) is 17.9. The van der Waals surface area contributed by atoms with Crippen LogP contribution in [0.15, 0.2) is 12.4 Å². The third-order valence-corrected chi connectivity index (χ3v) is 3.25. The van der Waals surface area contributed by atoms with E-state index in [0.717, 1.165) is 25.3 Å². The van der Waals surface area contributed by atoms with Gasteiger partial charge in [0.2, 0.25) is 5.91 Å². The fourth-order valence-electron chi connectivity index (χ4n) is 2.19. The quantitative estimate of drug-likeness (QED) is 0.734. The Morgan fingerprint density at radius 1 is 1.69 bits per heavy atom. The van der Waals surface area contributed by atoms with Gasteiger partial charge in [-0.2, -0.15) is 0 Å². The molecule has 1 aliphatic rings. The number of carbonyl (C=O) groups is 1. The van der Waals surface area contributed by atoms with E-state index in [9.17, 15) is 4.79 Å². The van der Waals surface area contributed by atoms with Crippen LogP contribution in [-0.2, 0) is 11.8 Å². The molecule has 1 aromatic heterocycles. The first kappa shape index (κ1) is 11.5. The zero-order chi connectivity index (χ0) is 11.7. The Kier molecular flexibility index (Phi) is 3.19. The average Bonchev–Trinajstić information content (AvgIpc) is 2.84. The Hall–Kier alpha value is -1.03. The van der Waals surface area contributed by atoms with Crippen LogP contribution in [-0.4, -0.2) is 38.8 Å². The second-order valence-electron chi connectivity index (χ2n) is 4.28. The molecule has 2 heterocycles. The van der Waals surface area contributed by atoms with Gasteiger partial charge in [-0.25, -0.2) is 4.98 Å². The lowest BCUT2D eigenvalue weighted by atomic mass is 10.1. The minimum Gasteiger partial charge on any atom is -0.341 e. The predicted octanol–water partition coefficient (Wildman–Crippen LogP) is 1.36. The molecule has 16 heavy (non-hydrogen) atoms. The molecule has 0 N–H and O–H groups in total. The molecule has 1 saturated heterocycles. The maximum Gasteiger partial charge on any atom is 0.240 e. The van der Waals surface area contributed by atoms with Crippen LogP contribution in [0.2, 0.25) is 0 Å². The maximum atomic E-state index is 11.7. The lowest BCUT2D eigenvalue weighted by Crippen LogP contribution is -2.33. The Labute approximate surface area is 100 Å². The molecule has 2 rings (SSSR count). The number of aromatic nitrogens is 2. The SMILES string of the molecule is CC(Cl)C(=O)N1CCC(c2nccn2C)C1. The normalized spacial score (nSPS) is 22.4. The minimum atomic E-state index is -0.430. The van der Waals surface area contributed by atoms with E-state index < -0.39 is 5.38 Å². The summed E-state index contributed by atoms with van der Waals surface area (Å²) in [5.74, 6) is 1.43. The maximum absolute atomic E-state index is 11.7. The van der Waals surface area contributed by atoms with Gasteiger partial charge in [0.05, 0.1) is 0 Å². The number of carbonyl (C=O) groups excluding carboxylic acids is 1. The number of aryl methyl sites for hydroxylation is 1. The van der Waals surface area contributed by atoms with Gasteiger partial charge in [-0.05, 0) is 13.3 Å². The van der Waals surface area contributed by atoms with Crippen LogP contribution in [0.25, 0.3) is 0 Å². The summed E-state index contributed by atoms with van der Waals surface area (Å²) in [5, 5.41) is -0.430. The van der Waals surface area contributed by atoms with Gasteiger partial charge in [0.25, 0.3) is 0 Å². The van der Waals surface area contributed by atoms with Crippen molar-refractivity contribution >= 4 is 17.5 Å². The largest absolute Gasteiger partial charge is 0.341 e. The van der Waals surface area contributed by atoms with E-state index in [2.05, 4.69) is 4.98 Å². The highest BCUT2D eigenvalue weighted by molar-refractivity contribution is 6.30. The van der Waals surface area contributed by atoms with Gasteiger partial charge in [0.1, 0.15) is 11.2 Å². The summed E-state index contributed by atoms with van der Waals surface area (Å²) in [6.07, 6.45) is 4.70. The number of rotatable bonds is 2. The van der Waals surface area contributed by atoms with Gasteiger partial charge < -0.3 is 9.47 Å². The van der Waals surface area contributed by atoms with Crippen molar-refractivity contribution in [2.24, 2.45) is 7.05 Å². The van der Waals surface area contributed by atoms with E-state index >= 15 is 0 Å². The number of amides is 1. The van der Waals surface area contributed by atoms with Gasteiger partial charge in [-0.1, -0.05) is 0 Å². The van der Waals surface area contributed by atoms with Crippen molar-refractivity contribution < 1.29 is 4.79 Å². The number of hydrogen-bond donors (Lipinski definition) is 0. The molecule has 0 aliphatic carbocycles. The summed E-state index contributed by atoms with van der Waals surface area (Å²) in [7, 11) is 1.98. The van der Waals surface area contributed by atoms with Crippen LogP contribution in [0, 0.1) is 0 Å². The highest BCUT2D eigenvalue weighted by atomic mass is 35.5. The van der Waals surface area contributed by atoms with E-state index in [1.807, 2.05) is 22.7 Å². The fourth-order valence-corrected chi connectivity index (χ4v) is 2.33. The first-order chi connectivity index (χ1) is 7.59. The smallest absolute Gasteiger partial charge is 0.240 e. The minimum absolute atomic E-state index is 0.0263. The second kappa shape index (κ2) is 4.45. The van der Waals surface area contributed by atoms with Crippen LogP contribution in [0.5, 0.6) is 0 Å². The molecular formula is C11H16ClN3O. The fraction of sp³-hybridized carbons (Fsp3) is 0.636. The molecule has 1 aromatic rings. The summed E-state index contributed by atoms with van der Waals surface area (Å²) in [6, 6.07) is 0. The monoisotopic (exact) mass is 241 g/mol. The Morgan fingerprint density at radius 2 is 2.44 bits per heavy atom. The van der Waals surface area contributed by atoms with Gasteiger partial charge in [-0.15, -0.1) is 11.6 Å². The summed E-state index contributed by atoms with van der Waals surface area (Å²) in [5.41, 5.74) is 0. The third kappa shape index (κ3) is 2.07. The molecule has 2 atom stereocenters. The van der Waals surface area contributed by atoms with Gasteiger partial charge in [-0.3, -0.25) is 4.79 Å². The van der Waals surface area contributed by atoms with Gasteiger partial charge in [0.15, 0.2) is 0 Å². The number of nitrogens with zero attached hydrogens (tertiary/aromatic N) is 3. The zero-order valence-electron chi connectivity index (χ0n) is 9.56. The first-order valence-electron chi connectivity index (χ1n) is 5.49. The van der Waals surface area contributed by atoms with Gasteiger partial charge >= 0.3 is 0 Å². The second-order valence-corrected chi connectivity index (χ2v) is 4.94. The number of alkyl halides is 1. The van der Waals surface area contributed by atoms with Crippen LogP contribution in [0.1, 0.15) is 25.1 Å². The first-order valence-corrected chi connectivity index (χ1v) is 5.93. The molecule has 2 unspecified atom stereocenters. The highest BCUT2D eigenvalue weighted by Crippen LogP contribution is 2.26. The lowest BCUT2D eigenvalue weighted by molar-refractivity contribution is -0.129. The van der Waals surface area contributed by atoms with E-state index in [4.69, 9.17) is 11.6 Å². The van der Waals surface area contributed by atoms with Crippen LogP contribution in [0.4, 0.5) is 0 Å². The third-order valence-electron chi connectivity index (χ3n) is 3.06. The van der Waals surface area contributed by atoms with E-state index in [0.29, 0.717) is 5.92 Å². The van der Waals surface area contributed by atoms with Crippen molar-refractivity contribution in [3.8, 4) is 0 Å². The Balaban J connectivity index is 2.04. The van der Waals surface area contributed by atoms with Crippen molar-refractivity contribution in [2.45, 2.75) is 24.6 Å². The molecular weight excluding hydrogens is 226 g/mol. The van der Waals surface area contributed by atoms with E-state index in [-0.39, 0.29) is 5.91 Å². The summed E-state index contributed by atoms with van der Waals surface area (Å²) >= 11 is 5.80. The van der Waals surface area contributed by atoms with Crippen molar-refractivity contribution in [3.63, 3.8) is 0 Å². The molecule has 5 heteroatoms. The summed E-state index contributed by atoms with van der Waals surface area (Å²) in [6.45, 7) is 3.24. The molecule has 4 nitrogen and oxygen atoms in total. The zero-order valence-corrected chi connectivity index (χ0v) is 10.3. The Morgan fingerprint density at radius 3 is 3.00 bits per heavy atom. The van der Waals surface area contributed by atoms with Crippen LogP contribution in [0.3, 0.4) is 0 Å². The van der Waals surface area contributed by atoms with E-state index in [1.54, 1.807) is 13.1 Å². The van der Waals surface area contributed by atoms with Crippen molar-refractivity contribution in [2.75, 3.05) is 13.1 Å². The number of halogens is 1. The highest BCUT2D eigenvalue weighted by Gasteiger charge is 2.30. The molecule has 0 saturated carbocycles. The molecule has 1 aliphatic heterocycles.